The molecule has 0 spiro atoms. The Labute approximate surface area is 144 Å². The fraction of sp³-hybridized carbons (Fsp3) is 0.316. The second kappa shape index (κ2) is 7.59. The van der Waals surface area contributed by atoms with Crippen LogP contribution >= 0.6 is 0 Å². The lowest BCUT2D eigenvalue weighted by Crippen LogP contribution is -2.30. The monoisotopic (exact) mass is 352 g/mol. The Bertz CT molecular complexity index is 721. The van der Waals surface area contributed by atoms with Crippen LogP contribution in [0.3, 0.4) is 0 Å². The molecule has 6 heteroatoms. The van der Waals surface area contributed by atoms with E-state index < -0.39 is 23.8 Å². The molecular weight excluding hydrogens is 333 g/mol. The smallest absolute Gasteiger partial charge is 0.416 e. The van der Waals surface area contributed by atoms with Crippen molar-refractivity contribution < 1.29 is 27.8 Å². The maximum Gasteiger partial charge on any atom is 0.416 e. The highest BCUT2D eigenvalue weighted by atomic mass is 19.4. The van der Waals surface area contributed by atoms with Crippen LogP contribution in [0.1, 0.15) is 36.5 Å². The molecule has 0 saturated heterocycles. The molecule has 0 fully saturated rings. The van der Waals surface area contributed by atoms with Gasteiger partial charge >= 0.3 is 12.1 Å². The van der Waals surface area contributed by atoms with Crippen LogP contribution in [0.4, 0.5) is 13.2 Å². The van der Waals surface area contributed by atoms with Crippen LogP contribution in [0, 0.1) is 0 Å². The number of carbonyl (C=O) groups is 1. The number of hydrogen-bond acceptors (Lipinski definition) is 2. The molecule has 2 aromatic carbocycles. The topological polar surface area (TPSA) is 46.5 Å². The van der Waals surface area contributed by atoms with E-state index in [-0.39, 0.29) is 12.0 Å². The molecule has 0 heterocycles. The van der Waals surface area contributed by atoms with Gasteiger partial charge in [-0.15, -0.1) is 0 Å². The summed E-state index contributed by atoms with van der Waals surface area (Å²) in [5.74, 6) is -0.700. The number of carboxylic acid groups (broad SMARTS) is 1. The highest BCUT2D eigenvalue weighted by molar-refractivity contribution is 5.73. The summed E-state index contributed by atoms with van der Waals surface area (Å²) in [5, 5.41) is 9.33. The molecule has 0 aliphatic carbocycles. The Morgan fingerprint density at radius 1 is 1.08 bits per heavy atom. The van der Waals surface area contributed by atoms with E-state index in [1.54, 1.807) is 12.1 Å². The standard InChI is InChI=1S/C19H19F3O3/c1-12(2)13-7-9-15(10-8-13)25-17(18(23)24)11-14-5-3-4-6-16(14)19(20,21)22/h3-10,12,17H,11H2,1-2H3,(H,23,24)/t17-/m1/s1. The number of benzene rings is 2. The summed E-state index contributed by atoms with van der Waals surface area (Å²) in [7, 11) is 0. The Hall–Kier alpha value is -2.50. The molecule has 0 aliphatic rings. The van der Waals surface area contributed by atoms with Gasteiger partial charge in [-0.2, -0.15) is 13.2 Å². The van der Waals surface area contributed by atoms with Crippen molar-refractivity contribution >= 4 is 5.97 Å². The normalized spacial score (nSPS) is 12.9. The highest BCUT2D eigenvalue weighted by Gasteiger charge is 2.34. The van der Waals surface area contributed by atoms with Crippen molar-refractivity contribution in [3.05, 3.63) is 65.2 Å². The third kappa shape index (κ3) is 4.98. The Morgan fingerprint density at radius 2 is 1.68 bits per heavy atom. The van der Waals surface area contributed by atoms with Crippen LogP contribution in [0.5, 0.6) is 5.75 Å². The van der Waals surface area contributed by atoms with Crippen molar-refractivity contribution in [1.82, 2.24) is 0 Å². The zero-order chi connectivity index (χ0) is 18.6. The van der Waals surface area contributed by atoms with Crippen LogP contribution < -0.4 is 4.74 Å². The molecule has 1 N–H and O–H groups in total. The number of rotatable bonds is 6. The fourth-order valence-electron chi connectivity index (χ4n) is 2.45. The second-order valence-corrected chi connectivity index (χ2v) is 6.03. The number of ether oxygens (including phenoxy) is 1. The largest absolute Gasteiger partial charge is 0.478 e. The van der Waals surface area contributed by atoms with Crippen LogP contribution in [0.15, 0.2) is 48.5 Å². The molecule has 0 amide bonds. The number of alkyl halides is 3. The molecule has 0 aliphatic heterocycles. The van der Waals surface area contributed by atoms with Gasteiger partial charge in [0, 0.05) is 6.42 Å². The predicted octanol–water partition coefficient (Wildman–Crippen LogP) is 4.90. The number of hydrogen-bond donors (Lipinski definition) is 1. The molecule has 0 radical (unpaired) electrons. The van der Waals surface area contributed by atoms with E-state index >= 15 is 0 Å². The van der Waals surface area contributed by atoms with Crippen LogP contribution in [0.2, 0.25) is 0 Å². The first kappa shape index (κ1) is 18.8. The van der Waals surface area contributed by atoms with Gasteiger partial charge in [0.25, 0.3) is 0 Å². The van der Waals surface area contributed by atoms with Crippen LogP contribution in [-0.2, 0) is 17.4 Å². The Morgan fingerprint density at radius 3 is 2.20 bits per heavy atom. The lowest BCUT2D eigenvalue weighted by molar-refractivity contribution is -0.146. The van der Waals surface area contributed by atoms with Gasteiger partial charge in [0.15, 0.2) is 6.10 Å². The average Bonchev–Trinajstić information content (AvgIpc) is 2.54. The molecule has 2 rings (SSSR count). The molecule has 0 aromatic heterocycles. The van der Waals surface area contributed by atoms with E-state index in [0.717, 1.165) is 11.6 Å². The van der Waals surface area contributed by atoms with Crippen LogP contribution in [0.25, 0.3) is 0 Å². The summed E-state index contributed by atoms with van der Waals surface area (Å²) in [6.45, 7) is 4.04. The summed E-state index contributed by atoms with van der Waals surface area (Å²) < 4.78 is 44.6. The van der Waals surface area contributed by atoms with E-state index in [4.69, 9.17) is 4.74 Å². The van der Waals surface area contributed by atoms with Crippen molar-refractivity contribution in [2.24, 2.45) is 0 Å². The molecule has 0 bridgehead atoms. The minimum Gasteiger partial charge on any atom is -0.478 e. The zero-order valence-corrected chi connectivity index (χ0v) is 13.9. The molecule has 3 nitrogen and oxygen atoms in total. The summed E-state index contributed by atoms with van der Waals surface area (Å²) in [6, 6.07) is 11.8. The van der Waals surface area contributed by atoms with Gasteiger partial charge in [0.05, 0.1) is 5.56 Å². The van der Waals surface area contributed by atoms with Crippen molar-refractivity contribution in [3.8, 4) is 5.75 Å². The zero-order valence-electron chi connectivity index (χ0n) is 13.9. The summed E-state index contributed by atoms with van der Waals surface area (Å²) >= 11 is 0. The maximum absolute atomic E-state index is 13.1. The molecule has 2 aromatic rings. The van der Waals surface area contributed by atoms with E-state index in [1.807, 2.05) is 26.0 Å². The summed E-state index contributed by atoms with van der Waals surface area (Å²) in [5.41, 5.74) is 0.0999. The van der Waals surface area contributed by atoms with E-state index in [1.165, 1.54) is 18.2 Å². The first-order valence-electron chi connectivity index (χ1n) is 7.83. The second-order valence-electron chi connectivity index (χ2n) is 6.03. The van der Waals surface area contributed by atoms with Gasteiger partial charge < -0.3 is 9.84 Å². The fourth-order valence-corrected chi connectivity index (χ4v) is 2.45. The predicted molar refractivity (Wildman–Crippen MR) is 87.7 cm³/mol. The first-order valence-corrected chi connectivity index (χ1v) is 7.83. The number of carboxylic acids is 1. The minimum absolute atomic E-state index is 0.110. The minimum atomic E-state index is -4.54. The molecule has 0 saturated carbocycles. The molecule has 0 unspecified atom stereocenters. The Kier molecular flexibility index (Phi) is 5.72. The molecular formula is C19H19F3O3. The quantitative estimate of drug-likeness (QED) is 0.804. The van der Waals surface area contributed by atoms with E-state index in [9.17, 15) is 23.1 Å². The third-order valence-corrected chi connectivity index (χ3v) is 3.83. The van der Waals surface area contributed by atoms with Gasteiger partial charge in [-0.3, -0.25) is 0 Å². The third-order valence-electron chi connectivity index (χ3n) is 3.83. The number of halogens is 3. The lowest BCUT2D eigenvalue weighted by Gasteiger charge is -2.18. The summed E-state index contributed by atoms with van der Waals surface area (Å²) in [6.07, 6.45) is -6.33. The highest BCUT2D eigenvalue weighted by Crippen LogP contribution is 2.32. The van der Waals surface area contributed by atoms with Gasteiger partial charge in [0.1, 0.15) is 5.75 Å². The SMILES string of the molecule is CC(C)c1ccc(O[C@H](Cc2ccccc2C(F)(F)F)C(=O)O)cc1. The molecule has 134 valence electrons. The van der Waals surface area contributed by atoms with Crippen molar-refractivity contribution in [2.75, 3.05) is 0 Å². The van der Waals surface area contributed by atoms with Crippen LogP contribution in [-0.4, -0.2) is 17.2 Å². The first-order chi connectivity index (χ1) is 11.7. The van der Waals surface area contributed by atoms with Gasteiger partial charge in [0.2, 0.25) is 0 Å². The Balaban J connectivity index is 2.21. The molecule has 1 atom stereocenters. The van der Waals surface area contributed by atoms with Gasteiger partial charge in [-0.05, 0) is 35.2 Å². The number of aliphatic carboxylic acids is 1. The van der Waals surface area contributed by atoms with Crippen molar-refractivity contribution in [3.63, 3.8) is 0 Å². The van der Waals surface area contributed by atoms with E-state index in [0.29, 0.717) is 11.7 Å². The maximum atomic E-state index is 13.1. The van der Waals surface area contributed by atoms with E-state index in [2.05, 4.69) is 0 Å². The van der Waals surface area contributed by atoms with Crippen molar-refractivity contribution in [2.45, 2.75) is 38.5 Å². The van der Waals surface area contributed by atoms with Gasteiger partial charge in [-0.25, -0.2) is 4.79 Å². The average molecular weight is 352 g/mol. The summed E-state index contributed by atoms with van der Waals surface area (Å²) in [4.78, 5) is 11.4. The van der Waals surface area contributed by atoms with Crippen molar-refractivity contribution in [1.29, 1.82) is 0 Å². The van der Waals surface area contributed by atoms with Gasteiger partial charge in [-0.1, -0.05) is 44.2 Å². The molecule has 25 heavy (non-hydrogen) atoms. The lowest BCUT2D eigenvalue weighted by atomic mass is 10.0.